The number of hydrogen-bond acceptors (Lipinski definition) is 6. The second-order valence-electron chi connectivity index (χ2n) is 5.95. The van der Waals surface area contributed by atoms with Crippen molar-refractivity contribution in [2.24, 2.45) is 0 Å². The molecule has 134 valence electrons. The monoisotopic (exact) mass is 361 g/mol. The Balaban J connectivity index is 1.56. The minimum atomic E-state index is -0.408. The van der Waals surface area contributed by atoms with E-state index in [0.29, 0.717) is 17.2 Å². The van der Waals surface area contributed by atoms with E-state index >= 15 is 0 Å². The summed E-state index contributed by atoms with van der Waals surface area (Å²) in [6.45, 7) is 3.77. The number of nitrogens with one attached hydrogen (secondary N) is 1. The Hall–Kier alpha value is -3.68. The predicted octanol–water partition coefficient (Wildman–Crippen LogP) is 3.62. The van der Waals surface area contributed by atoms with E-state index in [1.165, 1.54) is 6.07 Å². The van der Waals surface area contributed by atoms with Gasteiger partial charge in [0.1, 0.15) is 17.5 Å². The first-order chi connectivity index (χ1) is 13.1. The molecule has 27 heavy (non-hydrogen) atoms. The van der Waals surface area contributed by atoms with Gasteiger partial charge in [-0.05, 0) is 50.2 Å². The molecule has 3 aromatic heterocycles. The smallest absolute Gasteiger partial charge is 0.227 e. The number of aryl methyl sites for hydroxylation is 2. The summed E-state index contributed by atoms with van der Waals surface area (Å²) >= 11 is 0. The largest absolute Gasteiger partial charge is 0.324 e. The van der Waals surface area contributed by atoms with Crippen molar-refractivity contribution in [1.29, 1.82) is 0 Å². The quantitative estimate of drug-likeness (QED) is 0.598. The van der Waals surface area contributed by atoms with Gasteiger partial charge in [-0.2, -0.15) is 5.10 Å². The number of benzene rings is 1. The Morgan fingerprint density at radius 1 is 1.00 bits per heavy atom. The third kappa shape index (κ3) is 3.64. The number of anilines is 2. The summed E-state index contributed by atoms with van der Waals surface area (Å²) in [5.74, 6) is 1.56. The molecule has 0 bridgehead atoms. The van der Waals surface area contributed by atoms with Crippen LogP contribution in [0.25, 0.3) is 16.9 Å². The van der Waals surface area contributed by atoms with Crippen molar-refractivity contribution in [3.8, 4) is 16.9 Å². The van der Waals surface area contributed by atoms with Crippen LogP contribution in [0, 0.1) is 19.7 Å². The Morgan fingerprint density at radius 2 is 1.81 bits per heavy atom. The standard InChI is InChI=1S/C19H16FN7/c1-12-23-13(2)27(26-12)17-5-3-16(4-6-17)24-19-22-8-7-18(25-19)14-9-15(20)11-21-10-14/h3-11H,1-2H3,(H,22,24,25). The normalized spacial score (nSPS) is 10.8. The number of halogens is 1. The fraction of sp³-hybridized carbons (Fsp3) is 0.105. The van der Waals surface area contributed by atoms with Crippen molar-refractivity contribution in [3.05, 3.63) is 72.5 Å². The summed E-state index contributed by atoms with van der Waals surface area (Å²) in [5, 5.41) is 7.52. The second-order valence-corrected chi connectivity index (χ2v) is 5.95. The summed E-state index contributed by atoms with van der Waals surface area (Å²) in [5.41, 5.74) is 2.92. The molecule has 8 heteroatoms. The average molecular weight is 361 g/mol. The molecule has 0 unspecified atom stereocenters. The van der Waals surface area contributed by atoms with Gasteiger partial charge >= 0.3 is 0 Å². The molecule has 0 aliphatic carbocycles. The van der Waals surface area contributed by atoms with Crippen LogP contribution in [0.15, 0.2) is 55.0 Å². The lowest BCUT2D eigenvalue weighted by Gasteiger charge is -2.08. The van der Waals surface area contributed by atoms with E-state index < -0.39 is 5.82 Å². The Morgan fingerprint density at radius 3 is 2.52 bits per heavy atom. The van der Waals surface area contributed by atoms with E-state index in [1.54, 1.807) is 23.1 Å². The van der Waals surface area contributed by atoms with Gasteiger partial charge in [-0.15, -0.1) is 0 Å². The zero-order valence-electron chi connectivity index (χ0n) is 14.8. The topological polar surface area (TPSA) is 81.4 Å². The van der Waals surface area contributed by atoms with Crippen molar-refractivity contribution in [2.45, 2.75) is 13.8 Å². The summed E-state index contributed by atoms with van der Waals surface area (Å²) in [6, 6.07) is 10.8. The molecular formula is C19H16FN7. The minimum Gasteiger partial charge on any atom is -0.324 e. The third-order valence-electron chi connectivity index (χ3n) is 3.90. The molecule has 1 N–H and O–H groups in total. The van der Waals surface area contributed by atoms with Crippen LogP contribution < -0.4 is 5.32 Å². The number of hydrogen-bond donors (Lipinski definition) is 1. The Labute approximate surface area is 155 Å². The first kappa shape index (κ1) is 16.8. The number of rotatable bonds is 4. The van der Waals surface area contributed by atoms with Crippen molar-refractivity contribution < 1.29 is 4.39 Å². The lowest BCUT2D eigenvalue weighted by atomic mass is 10.2. The maximum atomic E-state index is 13.4. The maximum Gasteiger partial charge on any atom is 0.227 e. The van der Waals surface area contributed by atoms with Gasteiger partial charge in [0.15, 0.2) is 0 Å². The summed E-state index contributed by atoms with van der Waals surface area (Å²) in [7, 11) is 0. The zero-order valence-corrected chi connectivity index (χ0v) is 14.8. The van der Waals surface area contributed by atoms with Crippen LogP contribution in [0.1, 0.15) is 11.6 Å². The highest BCUT2D eigenvalue weighted by molar-refractivity contribution is 5.61. The van der Waals surface area contributed by atoms with Gasteiger partial charge in [-0.25, -0.2) is 24.0 Å². The first-order valence-electron chi connectivity index (χ1n) is 8.30. The number of pyridine rings is 1. The van der Waals surface area contributed by atoms with E-state index in [1.807, 2.05) is 38.1 Å². The molecule has 0 atom stereocenters. The molecular weight excluding hydrogens is 345 g/mol. The van der Waals surface area contributed by atoms with E-state index in [2.05, 4.69) is 30.4 Å². The molecule has 0 fully saturated rings. The molecule has 7 nitrogen and oxygen atoms in total. The van der Waals surface area contributed by atoms with Gasteiger partial charge in [0.25, 0.3) is 0 Å². The molecule has 0 saturated carbocycles. The minimum absolute atomic E-state index is 0.408. The lowest BCUT2D eigenvalue weighted by molar-refractivity contribution is 0.622. The molecule has 4 rings (SSSR count). The van der Waals surface area contributed by atoms with Crippen molar-refractivity contribution in [3.63, 3.8) is 0 Å². The molecule has 0 saturated heterocycles. The first-order valence-corrected chi connectivity index (χ1v) is 8.30. The highest BCUT2D eigenvalue weighted by atomic mass is 19.1. The maximum absolute atomic E-state index is 13.4. The van der Waals surface area contributed by atoms with Crippen molar-refractivity contribution >= 4 is 11.6 Å². The van der Waals surface area contributed by atoms with Crippen LogP contribution in [-0.4, -0.2) is 29.7 Å². The molecule has 1 aromatic carbocycles. The SMILES string of the molecule is Cc1nc(C)n(-c2ccc(Nc3nccc(-c4cncc(F)c4)n3)cc2)n1. The number of nitrogens with zero attached hydrogens (tertiary/aromatic N) is 6. The fourth-order valence-corrected chi connectivity index (χ4v) is 2.71. The van der Waals surface area contributed by atoms with Crippen LogP contribution in [0.2, 0.25) is 0 Å². The highest BCUT2D eigenvalue weighted by Crippen LogP contribution is 2.20. The van der Waals surface area contributed by atoms with Gasteiger partial charge in [0.2, 0.25) is 5.95 Å². The fourth-order valence-electron chi connectivity index (χ4n) is 2.71. The molecule has 0 amide bonds. The van der Waals surface area contributed by atoms with Crippen LogP contribution in [0.5, 0.6) is 0 Å². The van der Waals surface area contributed by atoms with Gasteiger partial charge in [-0.3, -0.25) is 4.98 Å². The van der Waals surface area contributed by atoms with Crippen molar-refractivity contribution in [2.75, 3.05) is 5.32 Å². The van der Waals surface area contributed by atoms with Gasteiger partial charge in [0, 0.05) is 23.6 Å². The van der Waals surface area contributed by atoms with E-state index in [9.17, 15) is 4.39 Å². The van der Waals surface area contributed by atoms with Crippen LogP contribution in [0.4, 0.5) is 16.0 Å². The third-order valence-corrected chi connectivity index (χ3v) is 3.90. The Kier molecular flexibility index (Phi) is 4.29. The summed E-state index contributed by atoms with van der Waals surface area (Å²) < 4.78 is 15.2. The molecule has 0 radical (unpaired) electrons. The molecule has 0 aliphatic heterocycles. The van der Waals surface area contributed by atoms with Gasteiger partial charge in [0.05, 0.1) is 17.6 Å². The van der Waals surface area contributed by atoms with E-state index in [4.69, 9.17) is 0 Å². The van der Waals surface area contributed by atoms with E-state index in [0.717, 1.165) is 29.2 Å². The summed E-state index contributed by atoms with van der Waals surface area (Å²) in [6.07, 6.45) is 4.33. The molecule has 0 spiro atoms. The molecule has 3 heterocycles. The van der Waals surface area contributed by atoms with E-state index in [-0.39, 0.29) is 0 Å². The number of aromatic nitrogens is 6. The lowest BCUT2D eigenvalue weighted by Crippen LogP contribution is -2.01. The molecule has 0 aliphatic rings. The highest BCUT2D eigenvalue weighted by Gasteiger charge is 2.07. The predicted molar refractivity (Wildman–Crippen MR) is 99.3 cm³/mol. The Bertz CT molecular complexity index is 1090. The average Bonchev–Trinajstić information content (AvgIpc) is 3.01. The molecule has 4 aromatic rings. The zero-order chi connectivity index (χ0) is 18.8. The van der Waals surface area contributed by atoms with Gasteiger partial charge < -0.3 is 5.32 Å². The van der Waals surface area contributed by atoms with Crippen LogP contribution >= 0.6 is 0 Å². The van der Waals surface area contributed by atoms with Crippen LogP contribution in [0.3, 0.4) is 0 Å². The van der Waals surface area contributed by atoms with Crippen molar-refractivity contribution in [1.82, 2.24) is 29.7 Å². The summed E-state index contributed by atoms with van der Waals surface area (Å²) in [4.78, 5) is 16.8. The second kappa shape index (κ2) is 6.91. The van der Waals surface area contributed by atoms with Gasteiger partial charge in [-0.1, -0.05) is 0 Å². The van der Waals surface area contributed by atoms with Crippen LogP contribution in [-0.2, 0) is 0 Å².